The maximum atomic E-state index is 12.3. The summed E-state index contributed by atoms with van der Waals surface area (Å²) >= 11 is 5.83. The van der Waals surface area contributed by atoms with Crippen LogP contribution >= 0.6 is 11.6 Å². The second kappa shape index (κ2) is 9.08. The highest BCUT2D eigenvalue weighted by Gasteiger charge is 2.28. The molecule has 0 bridgehead atoms. The van der Waals surface area contributed by atoms with Crippen LogP contribution in [0.5, 0.6) is 0 Å². The summed E-state index contributed by atoms with van der Waals surface area (Å²) in [5, 5.41) is 3.77. The second-order valence-electron chi connectivity index (χ2n) is 7.58. The number of hydrogen-bond acceptors (Lipinski definition) is 6. The second-order valence-corrected chi connectivity index (χ2v) is 7.97. The number of amides is 1. The van der Waals surface area contributed by atoms with Crippen molar-refractivity contribution < 1.29 is 9.53 Å². The van der Waals surface area contributed by atoms with E-state index in [4.69, 9.17) is 22.1 Å². The predicted octanol–water partition coefficient (Wildman–Crippen LogP) is 3.29. The molecule has 2 heterocycles. The van der Waals surface area contributed by atoms with Crippen molar-refractivity contribution in [2.24, 2.45) is 15.7 Å². The standard InChI is InChI=1S/C19H28ClN5O2/c1-19(2,3)27-18(26)25-9-5-6-14(12-25)24-16-10-13(23-11-15(16)21)7-8-17(20)22-4/h7-8,11,14,24H,4-6,9-10,12,21H2,1-3H3/b13-7+,17-8-. The molecule has 2 aliphatic heterocycles. The van der Waals surface area contributed by atoms with Crippen LogP contribution in [0, 0.1) is 0 Å². The van der Waals surface area contributed by atoms with Gasteiger partial charge < -0.3 is 20.7 Å². The van der Waals surface area contributed by atoms with E-state index in [2.05, 4.69) is 22.0 Å². The fourth-order valence-corrected chi connectivity index (χ4v) is 2.91. The number of aliphatic imine (C=N–C) groups is 2. The van der Waals surface area contributed by atoms with Crippen LogP contribution in [0.1, 0.15) is 40.0 Å². The van der Waals surface area contributed by atoms with Crippen LogP contribution in [0.3, 0.4) is 0 Å². The molecule has 0 aliphatic carbocycles. The number of carbonyl (C=O) groups is 1. The van der Waals surface area contributed by atoms with Gasteiger partial charge in [-0.05, 0) is 52.5 Å². The molecule has 0 saturated carbocycles. The molecule has 1 unspecified atom stereocenters. The lowest BCUT2D eigenvalue weighted by Gasteiger charge is -2.35. The zero-order valence-corrected chi connectivity index (χ0v) is 16.9. The van der Waals surface area contributed by atoms with Gasteiger partial charge in [0.25, 0.3) is 0 Å². The maximum absolute atomic E-state index is 12.3. The molecule has 0 aromatic carbocycles. The van der Waals surface area contributed by atoms with Gasteiger partial charge in [0.2, 0.25) is 0 Å². The Morgan fingerprint density at radius 3 is 2.96 bits per heavy atom. The fraction of sp³-hybridized carbons (Fsp3) is 0.526. The zero-order valence-electron chi connectivity index (χ0n) is 16.2. The smallest absolute Gasteiger partial charge is 0.410 e. The van der Waals surface area contributed by atoms with Gasteiger partial charge in [0.15, 0.2) is 0 Å². The first kappa shape index (κ1) is 21.0. The van der Waals surface area contributed by atoms with Crippen molar-refractivity contribution in [1.29, 1.82) is 0 Å². The number of allylic oxidation sites excluding steroid dienone is 3. The van der Waals surface area contributed by atoms with E-state index >= 15 is 0 Å². The minimum absolute atomic E-state index is 0.113. The van der Waals surface area contributed by atoms with E-state index < -0.39 is 5.60 Å². The molecule has 2 aliphatic rings. The summed E-state index contributed by atoms with van der Waals surface area (Å²) in [6.07, 6.45) is 7.19. The van der Waals surface area contributed by atoms with Crippen LogP contribution in [0.25, 0.3) is 0 Å². The van der Waals surface area contributed by atoms with Crippen LogP contribution in [0.4, 0.5) is 4.79 Å². The minimum Gasteiger partial charge on any atom is -0.444 e. The van der Waals surface area contributed by atoms with E-state index in [9.17, 15) is 4.79 Å². The van der Waals surface area contributed by atoms with E-state index in [0.29, 0.717) is 30.4 Å². The summed E-state index contributed by atoms with van der Waals surface area (Å²) in [4.78, 5) is 22.0. The van der Waals surface area contributed by atoms with Crippen molar-refractivity contribution in [3.63, 3.8) is 0 Å². The fourth-order valence-electron chi connectivity index (χ4n) is 2.85. The van der Waals surface area contributed by atoms with E-state index in [1.807, 2.05) is 20.8 Å². The Kier molecular flexibility index (Phi) is 7.07. The molecule has 0 aromatic rings. The van der Waals surface area contributed by atoms with Crippen molar-refractivity contribution in [2.45, 2.75) is 51.7 Å². The van der Waals surface area contributed by atoms with Gasteiger partial charge in [-0.3, -0.25) is 9.98 Å². The Morgan fingerprint density at radius 1 is 1.56 bits per heavy atom. The number of nitrogens with two attached hydrogens (primary N) is 1. The monoisotopic (exact) mass is 393 g/mol. The molecule has 148 valence electrons. The summed E-state index contributed by atoms with van der Waals surface area (Å²) in [6.45, 7) is 10.3. The molecule has 0 spiro atoms. The lowest BCUT2D eigenvalue weighted by atomic mass is 10.0. The molecule has 7 nitrogen and oxygen atoms in total. The lowest BCUT2D eigenvalue weighted by molar-refractivity contribution is 0.0190. The number of likely N-dealkylation sites (tertiary alicyclic amines) is 1. The van der Waals surface area contributed by atoms with Gasteiger partial charge in [-0.2, -0.15) is 0 Å². The largest absolute Gasteiger partial charge is 0.444 e. The minimum atomic E-state index is -0.501. The van der Waals surface area contributed by atoms with Crippen molar-refractivity contribution in [1.82, 2.24) is 10.2 Å². The van der Waals surface area contributed by atoms with Gasteiger partial charge in [0.05, 0.1) is 11.9 Å². The lowest BCUT2D eigenvalue weighted by Crippen LogP contribution is -2.49. The van der Waals surface area contributed by atoms with E-state index in [1.165, 1.54) is 0 Å². The molecular weight excluding hydrogens is 366 g/mol. The molecule has 3 N–H and O–H groups in total. The maximum Gasteiger partial charge on any atom is 0.410 e. The molecule has 27 heavy (non-hydrogen) atoms. The van der Waals surface area contributed by atoms with Gasteiger partial charge >= 0.3 is 6.09 Å². The van der Waals surface area contributed by atoms with Crippen LogP contribution < -0.4 is 11.1 Å². The topological polar surface area (TPSA) is 92.3 Å². The number of piperidine rings is 1. The predicted molar refractivity (Wildman–Crippen MR) is 110 cm³/mol. The van der Waals surface area contributed by atoms with Gasteiger partial charge in [0.1, 0.15) is 10.8 Å². The number of nitrogens with one attached hydrogen (secondary N) is 1. The van der Waals surface area contributed by atoms with E-state index in [1.54, 1.807) is 23.3 Å². The third kappa shape index (κ3) is 6.75. The van der Waals surface area contributed by atoms with E-state index in [0.717, 1.165) is 24.2 Å². The first-order valence-corrected chi connectivity index (χ1v) is 9.36. The highest BCUT2D eigenvalue weighted by Crippen LogP contribution is 2.21. The number of ether oxygens (including phenoxy) is 1. The summed E-state index contributed by atoms with van der Waals surface area (Å²) in [6, 6.07) is 0.113. The first-order valence-electron chi connectivity index (χ1n) is 8.98. The number of nitrogens with zero attached hydrogens (tertiary/aromatic N) is 3. The summed E-state index contributed by atoms with van der Waals surface area (Å²) in [7, 11) is 0. The molecule has 1 amide bonds. The molecule has 1 atom stereocenters. The van der Waals surface area contributed by atoms with Crippen molar-refractivity contribution in [3.8, 4) is 0 Å². The van der Waals surface area contributed by atoms with Crippen LogP contribution in [0.15, 0.2) is 44.4 Å². The van der Waals surface area contributed by atoms with Crippen LogP contribution in [-0.2, 0) is 4.74 Å². The van der Waals surface area contributed by atoms with Crippen LogP contribution in [-0.4, -0.2) is 48.7 Å². The Hall–Kier alpha value is -2.28. The Morgan fingerprint density at radius 2 is 2.30 bits per heavy atom. The SMILES string of the molecule is C=N/C(Cl)=C\C=C1/CC(NC2CCCN(C(=O)OC(C)(C)C)C2)=C(N)C=N1. The van der Waals surface area contributed by atoms with Crippen molar-refractivity contribution in [2.75, 3.05) is 13.1 Å². The quantitative estimate of drug-likeness (QED) is 0.566. The van der Waals surface area contributed by atoms with Gasteiger partial charge in [-0.25, -0.2) is 4.79 Å². The van der Waals surface area contributed by atoms with E-state index in [-0.39, 0.29) is 12.1 Å². The Labute approximate surface area is 165 Å². The third-order valence-electron chi connectivity index (χ3n) is 4.09. The van der Waals surface area contributed by atoms with Gasteiger partial charge in [-0.1, -0.05) is 11.6 Å². The Balaban J connectivity index is 2.00. The van der Waals surface area contributed by atoms with Crippen molar-refractivity contribution >= 4 is 30.6 Å². The molecule has 2 rings (SSSR count). The summed E-state index contributed by atoms with van der Waals surface area (Å²) in [5.41, 5.74) is 7.88. The normalized spacial score (nSPS) is 22.8. The Bertz CT molecular complexity index is 703. The molecular formula is C19H28ClN5O2. The third-order valence-corrected chi connectivity index (χ3v) is 4.34. The molecule has 8 heteroatoms. The van der Waals surface area contributed by atoms with Crippen LogP contribution in [0.2, 0.25) is 0 Å². The number of hydrogen-bond donors (Lipinski definition) is 2. The molecule has 1 saturated heterocycles. The first-order chi connectivity index (χ1) is 12.7. The molecule has 1 fully saturated rings. The average Bonchev–Trinajstić information content (AvgIpc) is 2.61. The number of halogens is 1. The highest BCUT2D eigenvalue weighted by atomic mass is 35.5. The van der Waals surface area contributed by atoms with Crippen molar-refractivity contribution in [3.05, 3.63) is 34.4 Å². The summed E-state index contributed by atoms with van der Waals surface area (Å²) < 4.78 is 5.48. The molecule has 0 aromatic heterocycles. The number of rotatable bonds is 4. The highest BCUT2D eigenvalue weighted by molar-refractivity contribution is 6.29. The molecule has 0 radical (unpaired) electrons. The summed E-state index contributed by atoms with van der Waals surface area (Å²) in [5.74, 6) is 0. The number of dihydropyridines is 1. The number of carbonyl (C=O) groups excluding carboxylic acids is 1. The van der Waals surface area contributed by atoms with Gasteiger partial charge in [0, 0.05) is 36.9 Å². The zero-order chi connectivity index (χ0) is 20.0. The average molecular weight is 394 g/mol. The van der Waals surface area contributed by atoms with Gasteiger partial charge in [-0.15, -0.1) is 0 Å².